The average Bonchev–Trinajstić information content (AvgIpc) is 3.09. The van der Waals surface area contributed by atoms with E-state index < -0.39 is 10.0 Å². The van der Waals surface area contributed by atoms with Gasteiger partial charge in [0.05, 0.1) is 26.0 Å². The molecule has 0 fully saturated rings. The van der Waals surface area contributed by atoms with Crippen molar-refractivity contribution in [3.05, 3.63) is 58.9 Å². The van der Waals surface area contributed by atoms with Crippen LogP contribution in [-0.2, 0) is 16.6 Å². The molecule has 0 aliphatic rings. The molecule has 160 valence electrons. The van der Waals surface area contributed by atoms with Crippen molar-refractivity contribution in [1.29, 1.82) is 0 Å². The number of hydrogen-bond acceptors (Lipinski definition) is 6. The molecular weight excluding hydrogens is 428 g/mol. The summed E-state index contributed by atoms with van der Waals surface area (Å²) in [4.78, 5) is 4.49. The number of oxazole rings is 1. The van der Waals surface area contributed by atoms with Gasteiger partial charge in [0.15, 0.2) is 0 Å². The number of ether oxygens (including phenoxy) is 2. The fourth-order valence-electron chi connectivity index (χ4n) is 2.87. The van der Waals surface area contributed by atoms with Crippen molar-refractivity contribution in [3.63, 3.8) is 0 Å². The van der Waals surface area contributed by atoms with Gasteiger partial charge in [0, 0.05) is 17.6 Å². The Balaban J connectivity index is 1.85. The van der Waals surface area contributed by atoms with Gasteiger partial charge in [-0.1, -0.05) is 11.6 Å². The minimum absolute atomic E-state index is 0.00659. The minimum Gasteiger partial charge on any atom is -0.495 e. The predicted octanol–water partition coefficient (Wildman–Crippen LogP) is 4.53. The van der Waals surface area contributed by atoms with Crippen LogP contribution in [0.2, 0.25) is 5.02 Å². The summed E-state index contributed by atoms with van der Waals surface area (Å²) in [5.41, 5.74) is 1.29. The third kappa shape index (κ3) is 4.61. The summed E-state index contributed by atoms with van der Waals surface area (Å²) in [6, 6.07) is 11.8. The maximum absolute atomic E-state index is 13.1. The molecule has 30 heavy (non-hydrogen) atoms. The third-order valence-electron chi connectivity index (χ3n) is 4.49. The second kappa shape index (κ2) is 9.07. The summed E-state index contributed by atoms with van der Waals surface area (Å²) < 4.78 is 43.7. The first-order chi connectivity index (χ1) is 14.3. The lowest BCUT2D eigenvalue weighted by atomic mass is 10.2. The highest BCUT2D eigenvalue weighted by Crippen LogP contribution is 2.30. The Bertz CT molecular complexity index is 1130. The SMILES string of the molecule is CCOc1ccc(-c2nc(CN(C)S(=O)(=O)c3cc(Cl)ccc3OC)c(C)o2)cc1. The van der Waals surface area contributed by atoms with Crippen LogP contribution in [-0.4, -0.2) is 38.5 Å². The molecule has 0 amide bonds. The zero-order valence-electron chi connectivity index (χ0n) is 17.2. The van der Waals surface area contributed by atoms with E-state index in [0.717, 1.165) is 11.3 Å². The Morgan fingerprint density at radius 3 is 2.50 bits per heavy atom. The Labute approximate surface area is 181 Å². The Morgan fingerprint density at radius 1 is 1.17 bits per heavy atom. The van der Waals surface area contributed by atoms with E-state index in [9.17, 15) is 8.42 Å². The van der Waals surface area contributed by atoms with Crippen molar-refractivity contribution >= 4 is 21.6 Å². The van der Waals surface area contributed by atoms with Gasteiger partial charge >= 0.3 is 0 Å². The second-order valence-electron chi connectivity index (χ2n) is 6.54. The van der Waals surface area contributed by atoms with E-state index in [1.165, 1.54) is 30.6 Å². The molecule has 0 N–H and O–H groups in total. The van der Waals surface area contributed by atoms with Gasteiger partial charge in [-0.3, -0.25) is 0 Å². The minimum atomic E-state index is -3.86. The molecule has 0 atom stereocenters. The lowest BCUT2D eigenvalue weighted by Crippen LogP contribution is -2.27. The molecule has 0 radical (unpaired) electrons. The molecule has 2 aromatic carbocycles. The van der Waals surface area contributed by atoms with Crippen molar-refractivity contribution in [2.45, 2.75) is 25.3 Å². The van der Waals surface area contributed by atoms with Crippen molar-refractivity contribution < 1.29 is 22.3 Å². The highest BCUT2D eigenvalue weighted by molar-refractivity contribution is 7.89. The lowest BCUT2D eigenvalue weighted by Gasteiger charge is -2.18. The molecule has 1 heterocycles. The number of aromatic nitrogens is 1. The van der Waals surface area contributed by atoms with E-state index in [-0.39, 0.29) is 17.2 Å². The molecule has 0 aliphatic heterocycles. The summed E-state index contributed by atoms with van der Waals surface area (Å²) >= 11 is 6.00. The molecule has 0 spiro atoms. The van der Waals surface area contributed by atoms with Crippen molar-refractivity contribution in [3.8, 4) is 23.0 Å². The maximum atomic E-state index is 13.1. The molecule has 0 bridgehead atoms. The summed E-state index contributed by atoms with van der Waals surface area (Å²) in [7, 11) is -0.978. The molecule has 1 aromatic heterocycles. The molecule has 0 saturated carbocycles. The van der Waals surface area contributed by atoms with E-state index in [1.807, 2.05) is 31.2 Å². The normalized spacial score (nSPS) is 11.7. The Morgan fingerprint density at radius 2 is 1.87 bits per heavy atom. The Hall–Kier alpha value is -2.55. The molecular formula is C21H23ClN2O5S. The molecule has 0 saturated heterocycles. The lowest BCUT2D eigenvalue weighted by molar-refractivity contribution is 0.340. The van der Waals surface area contributed by atoms with Crippen LogP contribution in [0.3, 0.4) is 0 Å². The van der Waals surface area contributed by atoms with E-state index in [4.69, 9.17) is 25.5 Å². The number of aryl methyl sites for hydroxylation is 1. The summed E-state index contributed by atoms with van der Waals surface area (Å²) in [6.45, 7) is 4.28. The molecule has 0 unspecified atom stereocenters. The number of hydrogen-bond donors (Lipinski definition) is 0. The third-order valence-corrected chi connectivity index (χ3v) is 6.55. The van der Waals surface area contributed by atoms with Crippen molar-refractivity contribution in [1.82, 2.24) is 9.29 Å². The standard InChI is InChI=1S/C21H23ClN2O5S/c1-5-28-17-9-6-15(7-10-17)21-23-18(14(2)29-21)13-24(3)30(25,26)20-12-16(22)8-11-19(20)27-4/h6-12H,5,13H2,1-4H3. The maximum Gasteiger partial charge on any atom is 0.246 e. The van der Waals surface area contributed by atoms with E-state index in [2.05, 4.69) is 4.98 Å². The molecule has 7 nitrogen and oxygen atoms in total. The van der Waals surface area contributed by atoms with E-state index in [0.29, 0.717) is 29.0 Å². The first kappa shape index (κ1) is 22.1. The molecule has 9 heteroatoms. The van der Waals surface area contributed by atoms with E-state index in [1.54, 1.807) is 13.0 Å². The number of methoxy groups -OCH3 is 1. The fourth-order valence-corrected chi connectivity index (χ4v) is 4.42. The summed E-state index contributed by atoms with van der Waals surface area (Å²) in [6.07, 6.45) is 0. The highest BCUT2D eigenvalue weighted by Gasteiger charge is 2.27. The van der Waals surface area contributed by atoms with Gasteiger partial charge in [-0.15, -0.1) is 0 Å². The van der Waals surface area contributed by atoms with Crippen LogP contribution in [0.5, 0.6) is 11.5 Å². The number of rotatable bonds is 8. The number of nitrogens with zero attached hydrogens (tertiary/aromatic N) is 2. The summed E-state index contributed by atoms with van der Waals surface area (Å²) in [5, 5.41) is 0.304. The van der Waals surface area contributed by atoms with Crippen LogP contribution >= 0.6 is 11.6 Å². The van der Waals surface area contributed by atoms with Crippen LogP contribution in [0, 0.1) is 6.92 Å². The van der Waals surface area contributed by atoms with Gasteiger partial charge in [-0.2, -0.15) is 4.31 Å². The van der Waals surface area contributed by atoms with Gasteiger partial charge in [-0.05, 0) is 56.3 Å². The Kier molecular flexibility index (Phi) is 6.70. The average molecular weight is 451 g/mol. The van der Waals surface area contributed by atoms with E-state index >= 15 is 0 Å². The van der Waals surface area contributed by atoms with Crippen LogP contribution < -0.4 is 9.47 Å². The van der Waals surface area contributed by atoms with Crippen LogP contribution in [0.1, 0.15) is 18.4 Å². The first-order valence-electron chi connectivity index (χ1n) is 9.25. The molecule has 0 aliphatic carbocycles. The first-order valence-corrected chi connectivity index (χ1v) is 11.1. The fraction of sp³-hybridized carbons (Fsp3) is 0.286. The number of halogens is 1. The topological polar surface area (TPSA) is 81.9 Å². The van der Waals surface area contributed by atoms with Gasteiger partial charge in [-0.25, -0.2) is 13.4 Å². The zero-order chi connectivity index (χ0) is 21.9. The van der Waals surface area contributed by atoms with Crippen LogP contribution in [0.15, 0.2) is 51.8 Å². The van der Waals surface area contributed by atoms with Crippen LogP contribution in [0.4, 0.5) is 0 Å². The highest BCUT2D eigenvalue weighted by atomic mass is 35.5. The number of benzene rings is 2. The van der Waals surface area contributed by atoms with Gasteiger partial charge < -0.3 is 13.9 Å². The van der Waals surface area contributed by atoms with Crippen LogP contribution in [0.25, 0.3) is 11.5 Å². The smallest absolute Gasteiger partial charge is 0.246 e. The second-order valence-corrected chi connectivity index (χ2v) is 8.99. The van der Waals surface area contributed by atoms with Gasteiger partial charge in [0.1, 0.15) is 22.2 Å². The van der Waals surface area contributed by atoms with Gasteiger partial charge in [0.25, 0.3) is 0 Å². The number of sulfonamides is 1. The predicted molar refractivity (Wildman–Crippen MR) is 115 cm³/mol. The van der Waals surface area contributed by atoms with Crippen molar-refractivity contribution in [2.75, 3.05) is 20.8 Å². The quantitative estimate of drug-likeness (QED) is 0.501. The van der Waals surface area contributed by atoms with Gasteiger partial charge in [0.2, 0.25) is 15.9 Å². The molecule has 3 rings (SSSR count). The van der Waals surface area contributed by atoms with Crippen molar-refractivity contribution in [2.24, 2.45) is 0 Å². The monoisotopic (exact) mass is 450 g/mol. The summed E-state index contributed by atoms with van der Waals surface area (Å²) in [5.74, 6) is 1.93. The molecule has 3 aromatic rings. The zero-order valence-corrected chi connectivity index (χ0v) is 18.7. The largest absolute Gasteiger partial charge is 0.495 e.